The van der Waals surface area contributed by atoms with E-state index in [1.54, 1.807) is 22.7 Å². The number of imidazole rings is 2. The first-order valence-electron chi connectivity index (χ1n) is 19.1. The summed E-state index contributed by atoms with van der Waals surface area (Å²) in [6.45, 7) is 10.4. The minimum atomic E-state index is -0.469. The van der Waals surface area contributed by atoms with E-state index >= 15 is 4.79 Å². The zero-order chi connectivity index (χ0) is 38.1. The number of Topliss-reactive ketones (excluding diaryl/α,β-unsaturated/α-hetero) is 1. The van der Waals surface area contributed by atoms with Crippen LogP contribution in [0.25, 0.3) is 32.0 Å². The second-order valence-corrected chi connectivity index (χ2v) is 17.6. The topological polar surface area (TPSA) is 64.6 Å². The molecule has 2 aliphatic rings. The molecule has 13 heteroatoms. The van der Waals surface area contributed by atoms with E-state index in [0.717, 1.165) is 127 Å². The number of ketones is 1. The van der Waals surface area contributed by atoms with E-state index < -0.39 is 12.1 Å². The average Bonchev–Trinajstić information content (AvgIpc) is 3.95. The highest BCUT2D eigenvalue weighted by Gasteiger charge is 2.43. The molecule has 6 heterocycles. The van der Waals surface area contributed by atoms with Gasteiger partial charge in [-0.2, -0.15) is 0 Å². The van der Waals surface area contributed by atoms with E-state index in [4.69, 9.17) is 33.2 Å². The predicted molar refractivity (Wildman–Crippen MR) is 232 cm³/mol. The zero-order valence-electron chi connectivity index (χ0n) is 31.1. The molecule has 0 aliphatic carbocycles. The Bertz CT molecular complexity index is 2570. The van der Waals surface area contributed by atoms with Crippen molar-refractivity contribution < 1.29 is 4.79 Å². The summed E-state index contributed by atoms with van der Waals surface area (Å²) in [5.74, 6) is 0.200. The molecule has 0 bridgehead atoms. The summed E-state index contributed by atoms with van der Waals surface area (Å²) in [7, 11) is 0. The lowest BCUT2D eigenvalue weighted by atomic mass is 9.96. The van der Waals surface area contributed by atoms with Gasteiger partial charge in [0.25, 0.3) is 0 Å². The smallest absolute Gasteiger partial charge is 0.195 e. The third kappa shape index (κ3) is 6.16. The Morgan fingerprint density at radius 3 is 1.39 bits per heavy atom. The van der Waals surface area contributed by atoms with Crippen LogP contribution in [0.2, 0.25) is 10.0 Å². The summed E-state index contributed by atoms with van der Waals surface area (Å²) in [4.78, 5) is 39.7. The number of fused-ring (bicyclic) bond motifs is 6. The van der Waals surface area contributed by atoms with Gasteiger partial charge in [0.2, 0.25) is 0 Å². The molecule has 2 aliphatic heterocycles. The molecule has 284 valence electrons. The number of halogens is 2. The molecule has 0 radical (unpaired) electrons. The van der Waals surface area contributed by atoms with Gasteiger partial charge in [0, 0.05) is 85.2 Å². The highest BCUT2D eigenvalue weighted by Crippen LogP contribution is 2.43. The first-order chi connectivity index (χ1) is 27.3. The number of carbonyl (C=O) groups excluding carboxylic acids is 1. The fourth-order valence-corrected chi connectivity index (χ4v) is 11.7. The van der Waals surface area contributed by atoms with E-state index in [1.165, 1.54) is 0 Å². The van der Waals surface area contributed by atoms with Crippen LogP contribution in [0, 0.1) is 13.8 Å². The van der Waals surface area contributed by atoms with Crippen molar-refractivity contribution in [1.29, 1.82) is 0 Å². The molecule has 2 fully saturated rings. The van der Waals surface area contributed by atoms with E-state index in [0.29, 0.717) is 0 Å². The predicted octanol–water partition coefficient (Wildman–Crippen LogP) is 9.33. The van der Waals surface area contributed by atoms with Crippen LogP contribution in [0.5, 0.6) is 0 Å². The number of para-hydroxylation sites is 4. The van der Waals surface area contributed by atoms with Crippen molar-refractivity contribution in [2.45, 2.75) is 25.9 Å². The molecule has 4 aromatic carbocycles. The molecule has 0 saturated carbocycles. The Labute approximate surface area is 342 Å². The van der Waals surface area contributed by atoms with Gasteiger partial charge in [0.05, 0.1) is 31.8 Å². The van der Waals surface area contributed by atoms with Gasteiger partial charge in [-0.3, -0.25) is 23.4 Å². The number of aromatic nitrogens is 4. The number of anilines is 2. The number of nitrogens with zero attached hydrogens (tertiary/aromatic N) is 8. The van der Waals surface area contributed by atoms with Gasteiger partial charge in [-0.1, -0.05) is 82.3 Å². The summed E-state index contributed by atoms with van der Waals surface area (Å²) in [6.07, 6.45) is 0. The lowest BCUT2D eigenvalue weighted by Gasteiger charge is -2.43. The minimum absolute atomic E-state index is 0.200. The fraction of sp³-hybridized carbons (Fsp3) is 0.279. The maximum atomic E-state index is 16.1. The molecule has 2 unspecified atom stereocenters. The van der Waals surface area contributed by atoms with Gasteiger partial charge in [-0.15, -0.1) is 0 Å². The van der Waals surface area contributed by atoms with E-state index in [-0.39, 0.29) is 5.78 Å². The number of hydrogen-bond donors (Lipinski definition) is 0. The standard InChI is InChI=1S/C43H40Cl2N8OS2/c1-27-40(55-42-46-33-13-3-5-15-35(33)52(27)42)37(50-21-17-48(18-22-50)31-11-7-9-29(44)25-31)39(54)38(51-23-19-49(20-24-51)32-12-8-10-30(45)26-32)41-28(2)53-36-16-6-4-14-34(36)47-43(53)56-41/h3-16,25-26,37-38H,17-24H2,1-2H3. The van der Waals surface area contributed by atoms with Gasteiger partial charge in [0.15, 0.2) is 15.7 Å². The van der Waals surface area contributed by atoms with Crippen molar-refractivity contribution in [1.82, 2.24) is 28.6 Å². The van der Waals surface area contributed by atoms with Crippen LogP contribution in [0.3, 0.4) is 0 Å². The monoisotopic (exact) mass is 818 g/mol. The van der Waals surface area contributed by atoms with E-state index in [1.807, 2.05) is 48.5 Å². The van der Waals surface area contributed by atoms with Crippen LogP contribution >= 0.6 is 45.9 Å². The number of rotatable bonds is 8. The molecule has 4 aromatic heterocycles. The Hall–Kier alpha value is -4.49. The second-order valence-electron chi connectivity index (χ2n) is 14.8. The number of thiazole rings is 2. The largest absolute Gasteiger partial charge is 0.369 e. The molecule has 2 saturated heterocycles. The van der Waals surface area contributed by atoms with Gasteiger partial charge in [0.1, 0.15) is 12.1 Å². The van der Waals surface area contributed by atoms with Crippen molar-refractivity contribution >= 4 is 95.0 Å². The third-order valence-electron chi connectivity index (χ3n) is 11.6. The number of hydrogen-bond acceptors (Lipinski definition) is 9. The average molecular weight is 820 g/mol. The van der Waals surface area contributed by atoms with E-state index in [9.17, 15) is 0 Å². The van der Waals surface area contributed by atoms with Gasteiger partial charge in [-0.25, -0.2) is 9.97 Å². The van der Waals surface area contributed by atoms with Gasteiger partial charge < -0.3 is 9.80 Å². The van der Waals surface area contributed by atoms with Gasteiger partial charge >= 0.3 is 0 Å². The maximum Gasteiger partial charge on any atom is 0.195 e. The Balaban J connectivity index is 1.08. The molecule has 2 atom stereocenters. The zero-order valence-corrected chi connectivity index (χ0v) is 34.3. The summed E-state index contributed by atoms with van der Waals surface area (Å²) in [5, 5.41) is 1.46. The highest BCUT2D eigenvalue weighted by atomic mass is 35.5. The van der Waals surface area contributed by atoms with Crippen molar-refractivity contribution in [3.8, 4) is 0 Å². The van der Waals surface area contributed by atoms with E-state index in [2.05, 4.69) is 90.8 Å². The molecule has 9 nitrogen and oxygen atoms in total. The second kappa shape index (κ2) is 14.5. The molecule has 10 rings (SSSR count). The van der Waals surface area contributed by atoms with Crippen LogP contribution < -0.4 is 9.80 Å². The van der Waals surface area contributed by atoms with Crippen LogP contribution in [0.15, 0.2) is 97.1 Å². The highest BCUT2D eigenvalue weighted by molar-refractivity contribution is 7.18. The summed E-state index contributed by atoms with van der Waals surface area (Å²) < 4.78 is 4.49. The first-order valence-corrected chi connectivity index (χ1v) is 21.5. The molecule has 0 N–H and O–H groups in total. The van der Waals surface area contributed by atoms with Crippen molar-refractivity contribution in [3.05, 3.63) is 128 Å². The number of piperazine rings is 2. The van der Waals surface area contributed by atoms with Crippen molar-refractivity contribution in [3.63, 3.8) is 0 Å². The molecule has 0 spiro atoms. The Morgan fingerprint density at radius 2 is 0.982 bits per heavy atom. The van der Waals surface area contributed by atoms with Gasteiger partial charge in [-0.05, 0) is 74.5 Å². The van der Waals surface area contributed by atoms with Crippen LogP contribution in [0.1, 0.15) is 33.2 Å². The van der Waals surface area contributed by atoms with Crippen LogP contribution in [-0.4, -0.2) is 86.7 Å². The number of aryl methyl sites for hydroxylation is 2. The molecule has 56 heavy (non-hydrogen) atoms. The maximum absolute atomic E-state index is 16.1. The first kappa shape index (κ1) is 35.9. The Morgan fingerprint density at radius 1 is 0.571 bits per heavy atom. The number of benzene rings is 4. The lowest BCUT2D eigenvalue weighted by molar-refractivity contribution is -0.130. The summed E-state index contributed by atoms with van der Waals surface area (Å²) in [6, 6.07) is 31.7. The van der Waals surface area contributed by atoms with Crippen molar-refractivity contribution in [2.24, 2.45) is 0 Å². The number of carbonyl (C=O) groups is 1. The van der Waals surface area contributed by atoms with Crippen LogP contribution in [0.4, 0.5) is 11.4 Å². The minimum Gasteiger partial charge on any atom is -0.369 e. The fourth-order valence-electron chi connectivity index (χ4n) is 8.79. The Kier molecular flexibility index (Phi) is 9.27. The van der Waals surface area contributed by atoms with Crippen LogP contribution in [-0.2, 0) is 4.79 Å². The normalized spacial score (nSPS) is 17.1. The SMILES string of the molecule is Cc1c(C(C(=O)C(c2sc3nc4ccccc4n3c2C)N2CCN(c3cccc(Cl)c3)CC2)N2CCN(c3cccc(Cl)c3)CC2)sc2nc3ccccc3n12. The molecule has 0 amide bonds. The molecule has 8 aromatic rings. The molecular weight excluding hydrogens is 780 g/mol. The molecular formula is C43H40Cl2N8OS2. The quantitative estimate of drug-likeness (QED) is 0.152. The van der Waals surface area contributed by atoms with Crippen molar-refractivity contribution in [2.75, 3.05) is 62.2 Å². The lowest BCUT2D eigenvalue weighted by Crippen LogP contribution is -2.53. The summed E-state index contributed by atoms with van der Waals surface area (Å²) in [5.41, 5.74) is 8.42. The third-order valence-corrected chi connectivity index (χ3v) is 14.4. The summed E-state index contributed by atoms with van der Waals surface area (Å²) >= 11 is 16.2.